The predicted octanol–water partition coefficient (Wildman–Crippen LogP) is 4.02. The molecule has 7 heteroatoms. The van der Waals surface area contributed by atoms with Crippen LogP contribution in [0, 0.1) is 10.1 Å². The lowest BCUT2D eigenvalue weighted by molar-refractivity contribution is -0.384. The van der Waals surface area contributed by atoms with Crippen LogP contribution in [-0.2, 0) is 11.3 Å². The Labute approximate surface area is 134 Å². The largest absolute Gasteiger partial charge is 0.289 e. The first-order chi connectivity index (χ1) is 11.1. The van der Waals surface area contributed by atoms with Gasteiger partial charge in [0, 0.05) is 17.5 Å². The summed E-state index contributed by atoms with van der Waals surface area (Å²) in [5, 5.41) is 12.5. The monoisotopic (exact) mass is 328 g/mol. The highest BCUT2D eigenvalue weighted by Crippen LogP contribution is 2.33. The number of nitrogens with zero attached hydrogens (tertiary/aromatic N) is 2. The summed E-state index contributed by atoms with van der Waals surface area (Å²) in [6.45, 7) is 0. The maximum Gasteiger partial charge on any atom is 0.269 e. The van der Waals surface area contributed by atoms with Gasteiger partial charge in [0.2, 0.25) is 0 Å². The number of non-ortho nitro benzene ring substituents is 1. The second kappa shape index (κ2) is 6.15. The molecule has 0 bridgehead atoms. The van der Waals surface area contributed by atoms with Crippen LogP contribution in [-0.4, -0.2) is 13.7 Å². The quantitative estimate of drug-likeness (QED) is 0.445. The summed E-state index contributed by atoms with van der Waals surface area (Å²) in [6.07, 6.45) is 0. The van der Waals surface area contributed by atoms with Gasteiger partial charge in [-0.1, -0.05) is 36.4 Å². The molecule has 0 saturated carbocycles. The van der Waals surface area contributed by atoms with E-state index in [0.717, 1.165) is 10.8 Å². The van der Waals surface area contributed by atoms with E-state index in [-0.39, 0.29) is 5.69 Å². The zero-order valence-corrected chi connectivity index (χ0v) is 12.6. The molecule has 0 amide bonds. The molecule has 3 rings (SSSR count). The molecule has 1 atom stereocenters. The normalized spacial score (nSPS) is 12.0. The average Bonchev–Trinajstić information content (AvgIpc) is 2.55. The number of hydrogen-bond acceptors (Lipinski definition) is 3. The molecule has 3 aromatic rings. The summed E-state index contributed by atoms with van der Waals surface area (Å²) < 4.78 is 22.8. The van der Waals surface area contributed by atoms with Gasteiger partial charge in [-0.2, -0.15) is 0 Å². The fourth-order valence-corrected chi connectivity index (χ4v) is 3.04. The summed E-state index contributed by atoms with van der Waals surface area (Å²) >= 11 is -2.32. The van der Waals surface area contributed by atoms with Crippen molar-refractivity contribution in [3.8, 4) is 0 Å². The molecule has 0 aliphatic rings. The molecule has 0 aromatic heterocycles. The van der Waals surface area contributed by atoms with Crippen LogP contribution in [0.3, 0.4) is 0 Å². The zero-order valence-electron chi connectivity index (χ0n) is 11.8. The van der Waals surface area contributed by atoms with Gasteiger partial charge in [-0.3, -0.25) is 14.7 Å². The second-order valence-electron chi connectivity index (χ2n) is 4.80. The molecule has 3 aromatic carbocycles. The van der Waals surface area contributed by atoms with E-state index in [1.807, 2.05) is 30.3 Å². The highest BCUT2D eigenvalue weighted by atomic mass is 32.2. The first kappa shape index (κ1) is 15.1. The van der Waals surface area contributed by atoms with E-state index >= 15 is 0 Å². The zero-order chi connectivity index (χ0) is 16.4. The molecule has 1 unspecified atom stereocenters. The summed E-state index contributed by atoms with van der Waals surface area (Å²) in [4.78, 5) is 10.2. The Hall–Kier alpha value is -2.77. The second-order valence-corrected chi connectivity index (χ2v) is 5.62. The third kappa shape index (κ3) is 2.92. The standard InChI is InChI=1S/C16H12N2O4S/c19-18(20)14-10-8-13(9-11-14)17(23(21)22)16-7-3-5-12-4-1-2-6-15(12)16/h1-11H,(H,21,22). The molecule has 0 heterocycles. The summed E-state index contributed by atoms with van der Waals surface area (Å²) in [5.41, 5.74) is 0.876. The van der Waals surface area contributed by atoms with Crippen molar-refractivity contribution in [1.82, 2.24) is 0 Å². The Morgan fingerprint density at radius 2 is 1.61 bits per heavy atom. The van der Waals surface area contributed by atoms with Crippen LogP contribution in [0.2, 0.25) is 0 Å². The van der Waals surface area contributed by atoms with Crippen molar-refractivity contribution in [3.63, 3.8) is 0 Å². The smallest absolute Gasteiger partial charge is 0.269 e. The Morgan fingerprint density at radius 3 is 2.26 bits per heavy atom. The Bertz CT molecular complexity index is 891. The molecule has 116 valence electrons. The van der Waals surface area contributed by atoms with Gasteiger partial charge in [0.05, 0.1) is 16.3 Å². The first-order valence-corrected chi connectivity index (χ1v) is 7.77. The number of fused-ring (bicyclic) bond motifs is 1. The predicted molar refractivity (Wildman–Crippen MR) is 90.0 cm³/mol. The van der Waals surface area contributed by atoms with E-state index < -0.39 is 16.2 Å². The van der Waals surface area contributed by atoms with Gasteiger partial charge in [0.15, 0.2) is 0 Å². The van der Waals surface area contributed by atoms with Crippen molar-refractivity contribution in [2.45, 2.75) is 0 Å². The number of benzene rings is 3. The van der Waals surface area contributed by atoms with E-state index in [9.17, 15) is 18.9 Å². The van der Waals surface area contributed by atoms with Crippen LogP contribution in [0.4, 0.5) is 17.1 Å². The fraction of sp³-hybridized carbons (Fsp3) is 0. The van der Waals surface area contributed by atoms with Gasteiger partial charge in [0.1, 0.15) is 0 Å². The summed E-state index contributed by atoms with van der Waals surface area (Å²) in [6, 6.07) is 18.5. The number of anilines is 2. The van der Waals surface area contributed by atoms with Gasteiger partial charge in [-0.25, -0.2) is 8.51 Å². The highest BCUT2D eigenvalue weighted by molar-refractivity contribution is 7.81. The van der Waals surface area contributed by atoms with Crippen molar-refractivity contribution in [2.24, 2.45) is 0 Å². The highest BCUT2D eigenvalue weighted by Gasteiger charge is 2.18. The van der Waals surface area contributed by atoms with Gasteiger partial charge in [-0.05, 0) is 23.6 Å². The third-order valence-corrected chi connectivity index (χ3v) is 4.16. The SMILES string of the molecule is O=[N+]([O-])c1ccc(N(c2cccc3ccccc23)S(=O)O)cc1. The maximum atomic E-state index is 11.9. The first-order valence-electron chi connectivity index (χ1n) is 6.71. The van der Waals surface area contributed by atoms with E-state index in [1.165, 1.54) is 28.6 Å². The van der Waals surface area contributed by atoms with Gasteiger partial charge >= 0.3 is 0 Å². The van der Waals surface area contributed by atoms with Crippen LogP contribution in [0.5, 0.6) is 0 Å². The minimum atomic E-state index is -2.32. The van der Waals surface area contributed by atoms with Crippen molar-refractivity contribution < 1.29 is 13.7 Å². The number of hydrogen-bond donors (Lipinski definition) is 1. The lowest BCUT2D eigenvalue weighted by Crippen LogP contribution is -2.19. The van der Waals surface area contributed by atoms with Crippen molar-refractivity contribution in [3.05, 3.63) is 76.8 Å². The van der Waals surface area contributed by atoms with Gasteiger partial charge in [-0.15, -0.1) is 0 Å². The number of nitro benzene ring substituents is 1. The number of nitro groups is 1. The van der Waals surface area contributed by atoms with Gasteiger partial charge < -0.3 is 0 Å². The molecule has 23 heavy (non-hydrogen) atoms. The Morgan fingerprint density at radius 1 is 0.957 bits per heavy atom. The molecule has 0 fully saturated rings. The maximum absolute atomic E-state index is 11.9. The van der Waals surface area contributed by atoms with Crippen LogP contribution >= 0.6 is 0 Å². The molecule has 0 spiro atoms. The summed E-state index contributed by atoms with van der Waals surface area (Å²) in [7, 11) is 0. The molecule has 6 nitrogen and oxygen atoms in total. The third-order valence-electron chi connectivity index (χ3n) is 3.44. The fourth-order valence-electron chi connectivity index (χ4n) is 2.41. The van der Waals surface area contributed by atoms with Crippen molar-refractivity contribution >= 4 is 39.1 Å². The molecule has 0 aliphatic carbocycles. The van der Waals surface area contributed by atoms with E-state index in [1.54, 1.807) is 12.1 Å². The van der Waals surface area contributed by atoms with Crippen LogP contribution in [0.15, 0.2) is 66.7 Å². The molecule has 0 saturated heterocycles. The molecule has 1 N–H and O–H groups in total. The molecular formula is C16H12N2O4S. The minimum Gasteiger partial charge on any atom is -0.289 e. The molecule has 0 aliphatic heterocycles. The van der Waals surface area contributed by atoms with E-state index in [0.29, 0.717) is 11.4 Å². The van der Waals surface area contributed by atoms with Crippen LogP contribution in [0.25, 0.3) is 10.8 Å². The lowest BCUT2D eigenvalue weighted by atomic mass is 10.1. The molecular weight excluding hydrogens is 316 g/mol. The Kier molecular flexibility index (Phi) is 4.05. The van der Waals surface area contributed by atoms with Crippen LogP contribution in [0.1, 0.15) is 0 Å². The average molecular weight is 328 g/mol. The Balaban J connectivity index is 2.15. The topological polar surface area (TPSA) is 83.7 Å². The minimum absolute atomic E-state index is 0.0738. The summed E-state index contributed by atoms with van der Waals surface area (Å²) in [5.74, 6) is 0. The van der Waals surface area contributed by atoms with Crippen molar-refractivity contribution in [1.29, 1.82) is 0 Å². The van der Waals surface area contributed by atoms with E-state index in [4.69, 9.17) is 0 Å². The van der Waals surface area contributed by atoms with Crippen LogP contribution < -0.4 is 4.31 Å². The van der Waals surface area contributed by atoms with Gasteiger partial charge in [0.25, 0.3) is 17.0 Å². The number of rotatable bonds is 4. The van der Waals surface area contributed by atoms with Crippen molar-refractivity contribution in [2.75, 3.05) is 4.31 Å². The molecule has 0 radical (unpaired) electrons. The van der Waals surface area contributed by atoms with E-state index in [2.05, 4.69) is 0 Å². The lowest BCUT2D eigenvalue weighted by Gasteiger charge is -2.21.